The number of pyridine rings is 1. The molecule has 0 aromatic carbocycles. The average Bonchev–Trinajstić information content (AvgIpc) is 2.03. The number of aromatic nitrogens is 1. The van der Waals surface area contributed by atoms with Crippen LogP contribution in [0.4, 0.5) is 11.5 Å². The first kappa shape index (κ1) is 10.1. The maximum absolute atomic E-state index is 5.77. The van der Waals surface area contributed by atoms with E-state index < -0.39 is 0 Å². The molecule has 0 unspecified atom stereocenters. The SMILES string of the molecule is CC(C)N(C)c1ncc(Cl)cc1N. The summed E-state index contributed by atoms with van der Waals surface area (Å²) < 4.78 is 0. The van der Waals surface area contributed by atoms with E-state index in [4.69, 9.17) is 17.3 Å². The number of halogens is 1. The van der Waals surface area contributed by atoms with Gasteiger partial charge >= 0.3 is 0 Å². The Bertz CT molecular complexity index is 299. The fraction of sp³-hybridized carbons (Fsp3) is 0.444. The van der Waals surface area contributed by atoms with Gasteiger partial charge in [0.15, 0.2) is 5.82 Å². The van der Waals surface area contributed by atoms with Crippen molar-refractivity contribution >= 4 is 23.1 Å². The first-order valence-corrected chi connectivity index (χ1v) is 4.54. The first-order chi connectivity index (χ1) is 6.02. The Morgan fingerprint density at radius 3 is 2.62 bits per heavy atom. The summed E-state index contributed by atoms with van der Waals surface area (Å²) in [5, 5.41) is 0.568. The second-order valence-electron chi connectivity index (χ2n) is 3.27. The molecule has 1 rings (SSSR count). The van der Waals surface area contributed by atoms with Gasteiger partial charge < -0.3 is 10.6 Å². The molecule has 3 nitrogen and oxygen atoms in total. The van der Waals surface area contributed by atoms with Crippen molar-refractivity contribution in [3.05, 3.63) is 17.3 Å². The third-order valence-corrected chi connectivity index (χ3v) is 2.18. The molecule has 0 bridgehead atoms. The van der Waals surface area contributed by atoms with Crippen molar-refractivity contribution in [2.45, 2.75) is 19.9 Å². The van der Waals surface area contributed by atoms with Crippen LogP contribution in [0.2, 0.25) is 5.02 Å². The zero-order chi connectivity index (χ0) is 10.0. The van der Waals surface area contributed by atoms with Gasteiger partial charge in [-0.25, -0.2) is 4.98 Å². The van der Waals surface area contributed by atoms with Crippen molar-refractivity contribution in [3.63, 3.8) is 0 Å². The summed E-state index contributed by atoms with van der Waals surface area (Å²) in [6, 6.07) is 2.08. The predicted octanol–water partition coefficient (Wildman–Crippen LogP) is 2.16. The van der Waals surface area contributed by atoms with Crippen molar-refractivity contribution < 1.29 is 0 Å². The molecule has 1 aromatic rings. The number of anilines is 2. The fourth-order valence-corrected chi connectivity index (χ4v) is 1.15. The quantitative estimate of drug-likeness (QED) is 0.794. The van der Waals surface area contributed by atoms with E-state index in [0.717, 1.165) is 5.82 Å². The van der Waals surface area contributed by atoms with Crippen LogP contribution in [0, 0.1) is 0 Å². The van der Waals surface area contributed by atoms with Gasteiger partial charge in [0, 0.05) is 19.3 Å². The van der Waals surface area contributed by atoms with Crippen LogP contribution in [0.25, 0.3) is 0 Å². The molecular weight excluding hydrogens is 186 g/mol. The van der Waals surface area contributed by atoms with E-state index in [1.54, 1.807) is 12.3 Å². The van der Waals surface area contributed by atoms with E-state index in [0.29, 0.717) is 16.8 Å². The Balaban J connectivity index is 3.01. The lowest BCUT2D eigenvalue weighted by Gasteiger charge is -2.23. The largest absolute Gasteiger partial charge is 0.396 e. The molecule has 1 heterocycles. The minimum Gasteiger partial charge on any atom is -0.396 e. The molecule has 0 aliphatic heterocycles. The summed E-state index contributed by atoms with van der Waals surface area (Å²) >= 11 is 5.74. The smallest absolute Gasteiger partial charge is 0.151 e. The number of nitrogen functional groups attached to an aromatic ring is 1. The number of nitrogens with two attached hydrogens (primary N) is 1. The minimum absolute atomic E-state index is 0.371. The monoisotopic (exact) mass is 199 g/mol. The molecular formula is C9H14ClN3. The number of hydrogen-bond acceptors (Lipinski definition) is 3. The second-order valence-corrected chi connectivity index (χ2v) is 3.71. The van der Waals surface area contributed by atoms with E-state index in [2.05, 4.69) is 18.8 Å². The Kier molecular flexibility index (Phi) is 2.98. The topological polar surface area (TPSA) is 42.2 Å². The van der Waals surface area contributed by atoms with E-state index in [-0.39, 0.29) is 0 Å². The van der Waals surface area contributed by atoms with Gasteiger partial charge in [0.2, 0.25) is 0 Å². The zero-order valence-electron chi connectivity index (χ0n) is 8.08. The van der Waals surface area contributed by atoms with Crippen LogP contribution in [0.1, 0.15) is 13.8 Å². The van der Waals surface area contributed by atoms with Gasteiger partial charge in [-0.3, -0.25) is 0 Å². The molecule has 0 amide bonds. The molecule has 0 aliphatic carbocycles. The molecule has 0 aliphatic rings. The van der Waals surface area contributed by atoms with E-state index in [9.17, 15) is 0 Å². The molecule has 0 saturated carbocycles. The predicted molar refractivity (Wildman–Crippen MR) is 57.2 cm³/mol. The molecule has 0 saturated heterocycles. The van der Waals surface area contributed by atoms with E-state index in [1.807, 2.05) is 11.9 Å². The van der Waals surface area contributed by atoms with E-state index >= 15 is 0 Å². The number of nitrogens with zero attached hydrogens (tertiary/aromatic N) is 2. The fourth-order valence-electron chi connectivity index (χ4n) is 0.987. The second kappa shape index (κ2) is 3.83. The highest BCUT2D eigenvalue weighted by atomic mass is 35.5. The van der Waals surface area contributed by atoms with Gasteiger partial charge in [0.05, 0.1) is 10.7 Å². The number of hydrogen-bond donors (Lipinski definition) is 1. The normalized spacial score (nSPS) is 10.5. The molecule has 0 fully saturated rings. The van der Waals surface area contributed by atoms with Crippen molar-refractivity contribution in [3.8, 4) is 0 Å². The zero-order valence-corrected chi connectivity index (χ0v) is 8.84. The summed E-state index contributed by atoms with van der Waals surface area (Å²) in [5.41, 5.74) is 6.39. The summed E-state index contributed by atoms with van der Waals surface area (Å²) in [6.07, 6.45) is 1.60. The molecule has 0 spiro atoms. The Morgan fingerprint density at radius 2 is 2.15 bits per heavy atom. The van der Waals surface area contributed by atoms with Gasteiger partial charge in [0.25, 0.3) is 0 Å². The summed E-state index contributed by atoms with van der Waals surface area (Å²) in [4.78, 5) is 6.17. The molecule has 2 N–H and O–H groups in total. The van der Waals surface area contributed by atoms with Gasteiger partial charge in [0.1, 0.15) is 0 Å². The van der Waals surface area contributed by atoms with Gasteiger partial charge in [-0.2, -0.15) is 0 Å². The van der Waals surface area contributed by atoms with Crippen LogP contribution in [0.3, 0.4) is 0 Å². The standard InChI is InChI=1S/C9H14ClN3/c1-6(2)13(3)9-8(11)4-7(10)5-12-9/h4-6H,11H2,1-3H3. The van der Waals surface area contributed by atoms with Crippen molar-refractivity contribution in [2.75, 3.05) is 17.7 Å². The lowest BCUT2D eigenvalue weighted by molar-refractivity contribution is 0.744. The lowest BCUT2D eigenvalue weighted by Crippen LogP contribution is -2.27. The summed E-state index contributed by atoms with van der Waals surface area (Å²) in [5.74, 6) is 0.777. The first-order valence-electron chi connectivity index (χ1n) is 4.16. The minimum atomic E-state index is 0.371. The molecule has 72 valence electrons. The summed E-state index contributed by atoms with van der Waals surface area (Å²) in [6.45, 7) is 4.16. The van der Waals surface area contributed by atoms with Crippen LogP contribution in [-0.2, 0) is 0 Å². The van der Waals surface area contributed by atoms with Gasteiger partial charge in [-0.1, -0.05) is 11.6 Å². The maximum Gasteiger partial charge on any atom is 0.151 e. The molecule has 1 aromatic heterocycles. The van der Waals surface area contributed by atoms with Gasteiger partial charge in [-0.15, -0.1) is 0 Å². The third-order valence-electron chi connectivity index (χ3n) is 1.97. The van der Waals surface area contributed by atoms with Crippen LogP contribution in [-0.4, -0.2) is 18.1 Å². The van der Waals surface area contributed by atoms with Crippen LogP contribution >= 0.6 is 11.6 Å². The molecule has 0 radical (unpaired) electrons. The maximum atomic E-state index is 5.77. The lowest BCUT2D eigenvalue weighted by atomic mass is 10.3. The van der Waals surface area contributed by atoms with Crippen molar-refractivity contribution in [1.29, 1.82) is 0 Å². The highest BCUT2D eigenvalue weighted by molar-refractivity contribution is 6.30. The van der Waals surface area contributed by atoms with E-state index in [1.165, 1.54) is 0 Å². The number of rotatable bonds is 2. The Labute approximate surface area is 83.5 Å². The Hall–Kier alpha value is -0.960. The molecule has 4 heteroatoms. The van der Waals surface area contributed by atoms with Crippen molar-refractivity contribution in [1.82, 2.24) is 4.98 Å². The van der Waals surface area contributed by atoms with Crippen molar-refractivity contribution in [2.24, 2.45) is 0 Å². The molecule has 0 atom stereocenters. The van der Waals surface area contributed by atoms with Gasteiger partial charge in [-0.05, 0) is 19.9 Å². The Morgan fingerprint density at radius 1 is 1.54 bits per heavy atom. The third kappa shape index (κ3) is 2.25. The highest BCUT2D eigenvalue weighted by Gasteiger charge is 2.09. The average molecular weight is 200 g/mol. The molecule has 13 heavy (non-hydrogen) atoms. The highest BCUT2D eigenvalue weighted by Crippen LogP contribution is 2.23. The van der Waals surface area contributed by atoms with Crippen LogP contribution < -0.4 is 10.6 Å². The van der Waals surface area contributed by atoms with Crippen LogP contribution in [0.5, 0.6) is 0 Å². The van der Waals surface area contributed by atoms with Crippen LogP contribution in [0.15, 0.2) is 12.3 Å². The summed E-state index contributed by atoms with van der Waals surface area (Å²) in [7, 11) is 1.96.